The molecule has 4 heteroatoms. The minimum absolute atomic E-state index is 0.540. The number of nitrogens with two attached hydrogens (primary N) is 1. The van der Waals surface area contributed by atoms with Gasteiger partial charge >= 0.3 is 0 Å². The summed E-state index contributed by atoms with van der Waals surface area (Å²) >= 11 is 0. The van der Waals surface area contributed by atoms with Gasteiger partial charge in [-0.2, -0.15) is 0 Å². The van der Waals surface area contributed by atoms with Crippen LogP contribution in [-0.4, -0.2) is 17.5 Å². The van der Waals surface area contributed by atoms with Crippen molar-refractivity contribution in [3.63, 3.8) is 0 Å². The van der Waals surface area contributed by atoms with Crippen LogP contribution in [-0.2, 0) is 6.54 Å². The van der Waals surface area contributed by atoms with Crippen molar-refractivity contribution in [2.24, 2.45) is 16.6 Å². The molecule has 3 rings (SSSR count). The highest BCUT2D eigenvalue weighted by molar-refractivity contribution is 5.77. The number of nitrogens with one attached hydrogen (secondary N) is 1. The van der Waals surface area contributed by atoms with E-state index < -0.39 is 0 Å². The van der Waals surface area contributed by atoms with Crippen LogP contribution in [0.2, 0.25) is 0 Å². The maximum atomic E-state index is 5.93. The molecule has 0 spiro atoms. The summed E-state index contributed by atoms with van der Waals surface area (Å²) in [5.41, 5.74) is 9.34. The molecule has 1 aromatic carbocycles. The lowest BCUT2D eigenvalue weighted by Gasteiger charge is -2.25. The second-order valence-corrected chi connectivity index (χ2v) is 5.82. The molecular formula is C18H22N4. The highest BCUT2D eigenvalue weighted by Crippen LogP contribution is 2.25. The number of rotatable bonds is 5. The van der Waals surface area contributed by atoms with Crippen molar-refractivity contribution < 1.29 is 0 Å². The second kappa shape index (κ2) is 7.07. The predicted octanol–water partition coefficient (Wildman–Crippen LogP) is 2.95. The molecule has 0 amide bonds. The number of aliphatic imine (C=N–C) groups is 1. The molecule has 0 aliphatic heterocycles. The first kappa shape index (κ1) is 14.6. The van der Waals surface area contributed by atoms with Gasteiger partial charge in [0.2, 0.25) is 0 Å². The van der Waals surface area contributed by atoms with Gasteiger partial charge in [0.05, 0.1) is 6.54 Å². The SMILES string of the molecule is NC(=NCc1cccc(-c2cccnc2)c1)NCC1CCC1. The van der Waals surface area contributed by atoms with Gasteiger partial charge in [0.25, 0.3) is 0 Å². The Morgan fingerprint density at radius 1 is 1.23 bits per heavy atom. The lowest BCUT2D eigenvalue weighted by molar-refractivity contribution is 0.315. The molecule has 1 heterocycles. The first-order valence-corrected chi connectivity index (χ1v) is 7.84. The van der Waals surface area contributed by atoms with Crippen LogP contribution in [0.25, 0.3) is 11.1 Å². The normalized spacial score (nSPS) is 15.4. The Kier molecular flexibility index (Phi) is 4.68. The molecule has 1 aromatic heterocycles. The molecule has 114 valence electrons. The van der Waals surface area contributed by atoms with Gasteiger partial charge in [0, 0.05) is 18.9 Å². The van der Waals surface area contributed by atoms with E-state index in [4.69, 9.17) is 5.73 Å². The smallest absolute Gasteiger partial charge is 0.188 e. The first-order valence-electron chi connectivity index (χ1n) is 7.84. The number of guanidine groups is 1. The Balaban J connectivity index is 1.60. The maximum absolute atomic E-state index is 5.93. The van der Waals surface area contributed by atoms with Crippen molar-refractivity contribution in [1.82, 2.24) is 10.3 Å². The van der Waals surface area contributed by atoms with Gasteiger partial charge in [-0.05, 0) is 47.6 Å². The van der Waals surface area contributed by atoms with E-state index in [2.05, 4.69) is 39.6 Å². The topological polar surface area (TPSA) is 63.3 Å². The number of hydrogen-bond acceptors (Lipinski definition) is 2. The number of aromatic nitrogens is 1. The maximum Gasteiger partial charge on any atom is 0.188 e. The summed E-state index contributed by atoms with van der Waals surface area (Å²) in [5.74, 6) is 1.32. The summed E-state index contributed by atoms with van der Waals surface area (Å²) in [6.45, 7) is 1.54. The van der Waals surface area contributed by atoms with E-state index in [0.717, 1.165) is 29.2 Å². The molecule has 1 aliphatic carbocycles. The summed E-state index contributed by atoms with van der Waals surface area (Å²) in [5, 5.41) is 3.22. The molecule has 4 nitrogen and oxygen atoms in total. The van der Waals surface area contributed by atoms with Gasteiger partial charge in [0.15, 0.2) is 5.96 Å². The lowest BCUT2D eigenvalue weighted by atomic mass is 9.85. The third kappa shape index (κ3) is 3.85. The van der Waals surface area contributed by atoms with E-state index in [0.29, 0.717) is 12.5 Å². The molecule has 2 aromatic rings. The fraction of sp³-hybridized carbons (Fsp3) is 0.333. The Bertz CT molecular complexity index is 633. The zero-order valence-corrected chi connectivity index (χ0v) is 12.7. The number of hydrogen-bond donors (Lipinski definition) is 2. The molecule has 0 unspecified atom stereocenters. The molecular weight excluding hydrogens is 272 g/mol. The van der Waals surface area contributed by atoms with Gasteiger partial charge in [-0.1, -0.05) is 30.7 Å². The molecule has 1 aliphatic rings. The number of pyridine rings is 1. The van der Waals surface area contributed by atoms with Crippen LogP contribution in [0.3, 0.4) is 0 Å². The molecule has 0 saturated heterocycles. The third-order valence-corrected chi connectivity index (χ3v) is 4.15. The van der Waals surface area contributed by atoms with Gasteiger partial charge in [-0.25, -0.2) is 4.99 Å². The average molecular weight is 294 g/mol. The third-order valence-electron chi connectivity index (χ3n) is 4.15. The van der Waals surface area contributed by atoms with Crippen molar-refractivity contribution >= 4 is 5.96 Å². The number of benzene rings is 1. The fourth-order valence-corrected chi connectivity index (χ4v) is 2.56. The van der Waals surface area contributed by atoms with Crippen LogP contribution in [0.4, 0.5) is 0 Å². The van der Waals surface area contributed by atoms with Crippen LogP contribution >= 0.6 is 0 Å². The fourth-order valence-electron chi connectivity index (χ4n) is 2.56. The van der Waals surface area contributed by atoms with Crippen molar-refractivity contribution in [1.29, 1.82) is 0 Å². The molecule has 1 saturated carbocycles. The van der Waals surface area contributed by atoms with Gasteiger partial charge in [-0.15, -0.1) is 0 Å². The minimum Gasteiger partial charge on any atom is -0.370 e. The lowest BCUT2D eigenvalue weighted by Crippen LogP contribution is -2.37. The molecule has 22 heavy (non-hydrogen) atoms. The van der Waals surface area contributed by atoms with Crippen LogP contribution in [0.1, 0.15) is 24.8 Å². The van der Waals surface area contributed by atoms with Crippen LogP contribution in [0.15, 0.2) is 53.8 Å². The summed E-state index contributed by atoms with van der Waals surface area (Å²) < 4.78 is 0. The molecule has 1 fully saturated rings. The summed E-state index contributed by atoms with van der Waals surface area (Å²) in [6, 6.07) is 12.3. The molecule has 3 N–H and O–H groups in total. The predicted molar refractivity (Wildman–Crippen MR) is 90.3 cm³/mol. The quantitative estimate of drug-likeness (QED) is 0.658. The standard InChI is InChI=1S/C18H22N4/c19-18(21-11-14-4-1-5-14)22-12-15-6-2-7-16(10-15)17-8-3-9-20-13-17/h2-3,6-10,13-14H,1,4-5,11-12H2,(H3,19,21,22). The van der Waals surface area contributed by atoms with Crippen LogP contribution in [0.5, 0.6) is 0 Å². The Hall–Kier alpha value is -2.36. The largest absolute Gasteiger partial charge is 0.370 e. The zero-order valence-electron chi connectivity index (χ0n) is 12.7. The van der Waals surface area contributed by atoms with Crippen LogP contribution < -0.4 is 11.1 Å². The average Bonchev–Trinajstić information content (AvgIpc) is 2.53. The van der Waals surface area contributed by atoms with E-state index in [1.165, 1.54) is 19.3 Å². The minimum atomic E-state index is 0.540. The number of nitrogens with zero attached hydrogens (tertiary/aromatic N) is 2. The Labute approximate surface area is 131 Å². The van der Waals surface area contributed by atoms with Crippen molar-refractivity contribution in [2.75, 3.05) is 6.54 Å². The second-order valence-electron chi connectivity index (χ2n) is 5.82. The van der Waals surface area contributed by atoms with Crippen molar-refractivity contribution in [2.45, 2.75) is 25.8 Å². The van der Waals surface area contributed by atoms with Crippen molar-refractivity contribution in [3.8, 4) is 11.1 Å². The Morgan fingerprint density at radius 3 is 2.82 bits per heavy atom. The molecule has 0 radical (unpaired) electrons. The van der Waals surface area contributed by atoms with Crippen molar-refractivity contribution in [3.05, 3.63) is 54.4 Å². The first-order chi connectivity index (χ1) is 10.8. The van der Waals surface area contributed by atoms with E-state index in [-0.39, 0.29) is 0 Å². The van der Waals surface area contributed by atoms with Gasteiger partial charge < -0.3 is 11.1 Å². The molecule has 0 atom stereocenters. The van der Waals surface area contributed by atoms with Gasteiger partial charge in [-0.3, -0.25) is 4.98 Å². The monoisotopic (exact) mass is 294 g/mol. The highest BCUT2D eigenvalue weighted by atomic mass is 15.1. The molecule has 0 bridgehead atoms. The van der Waals surface area contributed by atoms with E-state index in [1.807, 2.05) is 18.3 Å². The van der Waals surface area contributed by atoms with Crippen LogP contribution in [0, 0.1) is 5.92 Å². The summed E-state index contributed by atoms with van der Waals surface area (Å²) in [6.07, 6.45) is 7.63. The van der Waals surface area contributed by atoms with Gasteiger partial charge in [0.1, 0.15) is 0 Å². The van der Waals surface area contributed by atoms with E-state index in [9.17, 15) is 0 Å². The highest BCUT2D eigenvalue weighted by Gasteiger charge is 2.16. The Morgan fingerprint density at radius 2 is 2.09 bits per heavy atom. The van der Waals surface area contributed by atoms with E-state index in [1.54, 1.807) is 6.20 Å². The van der Waals surface area contributed by atoms with E-state index >= 15 is 0 Å². The summed E-state index contributed by atoms with van der Waals surface area (Å²) in [7, 11) is 0. The summed E-state index contributed by atoms with van der Waals surface area (Å²) in [4.78, 5) is 8.59. The zero-order chi connectivity index (χ0) is 15.2.